The molecule has 11 heteroatoms. The highest BCUT2D eigenvalue weighted by Crippen LogP contribution is 2.20. The molecular formula is C9H11F3N4O4. The molecular weight excluding hydrogens is 285 g/mol. The minimum Gasteiger partial charge on any atom is -0.465 e. The van der Waals surface area contributed by atoms with Crippen molar-refractivity contribution in [3.8, 4) is 0 Å². The van der Waals surface area contributed by atoms with E-state index in [0.29, 0.717) is 0 Å². The Balaban J connectivity index is 2.62. The Hall–Kier alpha value is -2.17. The number of hydrogen-bond acceptors (Lipinski definition) is 7. The number of ether oxygens (including phenoxy) is 2. The second-order valence-electron chi connectivity index (χ2n) is 3.47. The van der Waals surface area contributed by atoms with Crippen molar-refractivity contribution >= 4 is 11.9 Å². The molecule has 0 aliphatic carbocycles. The molecule has 0 aromatic carbocycles. The maximum absolute atomic E-state index is 12.0. The van der Waals surface area contributed by atoms with Crippen LogP contribution in [0.3, 0.4) is 0 Å². The lowest BCUT2D eigenvalue weighted by Crippen LogP contribution is -2.30. The van der Waals surface area contributed by atoms with Crippen LogP contribution >= 0.6 is 0 Å². The first-order chi connectivity index (χ1) is 9.24. The molecule has 20 heavy (non-hydrogen) atoms. The predicted molar refractivity (Wildman–Crippen MR) is 55.7 cm³/mol. The van der Waals surface area contributed by atoms with Crippen LogP contribution in [-0.2, 0) is 25.6 Å². The van der Waals surface area contributed by atoms with Crippen LogP contribution in [0.25, 0.3) is 0 Å². The highest BCUT2D eigenvalue weighted by molar-refractivity contribution is 5.75. The lowest BCUT2D eigenvalue weighted by atomic mass is 10.4. The summed E-state index contributed by atoms with van der Waals surface area (Å²) in [5.41, 5.74) is 4.99. The Labute approximate surface area is 110 Å². The molecule has 1 heterocycles. The van der Waals surface area contributed by atoms with Crippen molar-refractivity contribution in [3.63, 3.8) is 0 Å². The predicted octanol–water partition coefficient (Wildman–Crippen LogP) is -0.0960. The van der Waals surface area contributed by atoms with Gasteiger partial charge in [-0.1, -0.05) is 5.21 Å². The van der Waals surface area contributed by atoms with Crippen LogP contribution in [0.5, 0.6) is 0 Å². The van der Waals surface area contributed by atoms with Crippen molar-refractivity contribution in [1.29, 1.82) is 0 Å². The number of carbonyl (C=O) groups is 2. The van der Waals surface area contributed by atoms with E-state index in [-0.39, 0.29) is 18.8 Å². The summed E-state index contributed by atoms with van der Waals surface area (Å²) >= 11 is 0. The lowest BCUT2D eigenvalue weighted by Gasteiger charge is -2.11. The molecule has 0 saturated heterocycles. The highest BCUT2D eigenvalue weighted by atomic mass is 19.4. The smallest absolute Gasteiger partial charge is 0.465 e. The van der Waals surface area contributed by atoms with Crippen LogP contribution in [0.1, 0.15) is 18.8 Å². The van der Waals surface area contributed by atoms with Gasteiger partial charge >= 0.3 is 18.1 Å². The second-order valence-corrected chi connectivity index (χ2v) is 3.47. The van der Waals surface area contributed by atoms with E-state index in [4.69, 9.17) is 5.73 Å². The Morgan fingerprint density at radius 3 is 2.70 bits per heavy atom. The zero-order valence-electron chi connectivity index (χ0n) is 10.3. The minimum absolute atomic E-state index is 0.170. The first-order valence-electron chi connectivity index (χ1n) is 5.33. The summed E-state index contributed by atoms with van der Waals surface area (Å²) in [6.07, 6.45) is -5.82. The number of nitrogens with two attached hydrogens (primary N) is 1. The summed E-state index contributed by atoms with van der Waals surface area (Å²) in [5.74, 6) is -3.05. The van der Waals surface area contributed by atoms with Gasteiger partial charge in [-0.3, -0.25) is 10.5 Å². The molecule has 112 valence electrons. The number of hydrogen-bond donors (Lipinski definition) is 1. The molecule has 1 aromatic rings. The van der Waals surface area contributed by atoms with Gasteiger partial charge < -0.3 is 9.47 Å². The fraction of sp³-hybridized carbons (Fsp3) is 0.556. The average Bonchev–Trinajstić information content (AvgIpc) is 2.76. The van der Waals surface area contributed by atoms with Crippen LogP contribution < -0.4 is 5.73 Å². The molecule has 0 spiro atoms. The van der Waals surface area contributed by atoms with Gasteiger partial charge in [-0.25, -0.2) is 9.48 Å². The minimum atomic E-state index is -5.15. The summed E-state index contributed by atoms with van der Waals surface area (Å²) in [7, 11) is 0. The molecule has 1 atom stereocenters. The normalized spacial score (nSPS) is 12.8. The second kappa shape index (κ2) is 6.32. The van der Waals surface area contributed by atoms with Gasteiger partial charge in [-0.2, -0.15) is 13.2 Å². The number of rotatable bonds is 5. The standard InChI is InChI=1S/C9H11F3N4O4/c1-2-19-6(17)4-16-3-5(14-15-16)7(13)20-8(18)9(10,11)12/h3,7H,2,4,13H2,1H3. The highest BCUT2D eigenvalue weighted by Gasteiger charge is 2.42. The molecule has 1 rings (SSSR count). The van der Waals surface area contributed by atoms with Gasteiger partial charge in [0.25, 0.3) is 0 Å². The van der Waals surface area contributed by atoms with Gasteiger partial charge in [0.1, 0.15) is 12.2 Å². The van der Waals surface area contributed by atoms with Crippen LogP contribution in [0.4, 0.5) is 13.2 Å². The van der Waals surface area contributed by atoms with Gasteiger partial charge in [0.05, 0.1) is 12.8 Å². The first kappa shape index (κ1) is 15.9. The average molecular weight is 296 g/mol. The zero-order valence-corrected chi connectivity index (χ0v) is 10.3. The third kappa shape index (κ3) is 4.50. The largest absolute Gasteiger partial charge is 0.490 e. The number of esters is 2. The van der Waals surface area contributed by atoms with E-state index in [1.54, 1.807) is 6.92 Å². The van der Waals surface area contributed by atoms with E-state index in [0.717, 1.165) is 10.9 Å². The molecule has 1 aromatic heterocycles. The fourth-order valence-corrected chi connectivity index (χ4v) is 1.10. The van der Waals surface area contributed by atoms with E-state index in [9.17, 15) is 22.8 Å². The van der Waals surface area contributed by atoms with Crippen molar-refractivity contribution in [2.45, 2.75) is 25.9 Å². The molecule has 0 aliphatic heterocycles. The van der Waals surface area contributed by atoms with Crippen LogP contribution in [-0.4, -0.2) is 39.7 Å². The number of halogens is 3. The SMILES string of the molecule is CCOC(=O)Cn1cc(C(N)OC(=O)C(F)(F)F)nn1. The third-order valence-electron chi connectivity index (χ3n) is 1.91. The molecule has 0 fully saturated rings. The van der Waals surface area contributed by atoms with Crippen LogP contribution in [0.15, 0.2) is 6.20 Å². The van der Waals surface area contributed by atoms with Crippen LogP contribution in [0.2, 0.25) is 0 Å². The van der Waals surface area contributed by atoms with Gasteiger partial charge in [0.2, 0.25) is 0 Å². The molecule has 0 amide bonds. The molecule has 0 radical (unpaired) electrons. The van der Waals surface area contributed by atoms with Gasteiger partial charge in [-0.05, 0) is 6.92 Å². The van der Waals surface area contributed by atoms with Crippen molar-refractivity contribution in [2.24, 2.45) is 5.73 Å². The Morgan fingerprint density at radius 1 is 1.50 bits per heavy atom. The van der Waals surface area contributed by atoms with Crippen molar-refractivity contribution in [1.82, 2.24) is 15.0 Å². The maximum Gasteiger partial charge on any atom is 0.490 e. The monoisotopic (exact) mass is 296 g/mol. The molecule has 0 aliphatic rings. The van der Waals surface area contributed by atoms with E-state index < -0.39 is 24.3 Å². The van der Waals surface area contributed by atoms with Crippen molar-refractivity contribution < 1.29 is 32.2 Å². The number of nitrogens with zero attached hydrogens (tertiary/aromatic N) is 3. The summed E-state index contributed by atoms with van der Waals surface area (Å²) in [6.45, 7) is 1.49. The molecule has 0 bridgehead atoms. The molecule has 1 unspecified atom stereocenters. The zero-order chi connectivity index (χ0) is 15.3. The van der Waals surface area contributed by atoms with Gasteiger partial charge in [0, 0.05) is 0 Å². The summed E-state index contributed by atoms with van der Waals surface area (Å²) in [4.78, 5) is 21.7. The summed E-state index contributed by atoms with van der Waals surface area (Å²) in [5, 5.41) is 6.84. The van der Waals surface area contributed by atoms with E-state index >= 15 is 0 Å². The van der Waals surface area contributed by atoms with E-state index in [1.165, 1.54) is 0 Å². The number of aromatic nitrogens is 3. The quantitative estimate of drug-likeness (QED) is 0.597. The van der Waals surface area contributed by atoms with Gasteiger partial charge in [-0.15, -0.1) is 5.10 Å². The summed E-state index contributed by atoms with van der Waals surface area (Å²) < 4.78 is 45.4. The van der Waals surface area contributed by atoms with Gasteiger partial charge in [0.15, 0.2) is 6.23 Å². The third-order valence-corrected chi connectivity index (χ3v) is 1.91. The number of carbonyl (C=O) groups excluding carboxylic acids is 2. The Bertz CT molecular complexity index is 488. The lowest BCUT2D eigenvalue weighted by molar-refractivity contribution is -0.205. The Morgan fingerprint density at radius 2 is 2.15 bits per heavy atom. The number of alkyl halides is 3. The van der Waals surface area contributed by atoms with Crippen molar-refractivity contribution in [2.75, 3.05) is 6.61 Å². The van der Waals surface area contributed by atoms with Crippen LogP contribution in [0, 0.1) is 0 Å². The summed E-state index contributed by atoms with van der Waals surface area (Å²) in [6, 6.07) is 0. The molecule has 8 nitrogen and oxygen atoms in total. The first-order valence-corrected chi connectivity index (χ1v) is 5.33. The molecule has 2 N–H and O–H groups in total. The topological polar surface area (TPSA) is 109 Å². The van der Waals surface area contributed by atoms with Crippen molar-refractivity contribution in [3.05, 3.63) is 11.9 Å². The fourth-order valence-electron chi connectivity index (χ4n) is 1.10. The van der Waals surface area contributed by atoms with E-state index in [2.05, 4.69) is 19.8 Å². The molecule has 0 saturated carbocycles. The Kier molecular flexibility index (Phi) is 5.02. The van der Waals surface area contributed by atoms with E-state index in [1.807, 2.05) is 0 Å². The maximum atomic E-state index is 12.0.